The Labute approximate surface area is 72.3 Å². The highest BCUT2D eigenvalue weighted by Gasteiger charge is 2.03. The Morgan fingerprint density at radius 1 is 1.42 bits per heavy atom. The van der Waals surface area contributed by atoms with Crippen molar-refractivity contribution >= 4 is 0 Å². The van der Waals surface area contributed by atoms with Crippen molar-refractivity contribution < 1.29 is 10.2 Å². The molecular weight excluding hydrogens is 154 g/mol. The van der Waals surface area contributed by atoms with Crippen LogP contribution in [0.15, 0.2) is 18.5 Å². The molecule has 0 amide bonds. The zero-order chi connectivity index (χ0) is 9.14. The van der Waals surface area contributed by atoms with E-state index in [1.54, 1.807) is 13.8 Å². The van der Waals surface area contributed by atoms with Crippen LogP contribution >= 0.6 is 0 Å². The smallest absolute Gasteiger partial charge is 0.0776 e. The monoisotopic (exact) mass is 169 g/mol. The number of aromatic nitrogens is 1. The van der Waals surface area contributed by atoms with Gasteiger partial charge in [-0.2, -0.15) is 0 Å². The highest BCUT2D eigenvalue weighted by molar-refractivity contribution is 5.12. The topological polar surface area (TPSA) is 45.4 Å². The van der Waals surface area contributed by atoms with Gasteiger partial charge in [-0.15, -0.1) is 0 Å². The molecule has 1 aromatic rings. The van der Waals surface area contributed by atoms with Gasteiger partial charge in [-0.25, -0.2) is 0 Å². The average molecular weight is 169 g/mol. The van der Waals surface area contributed by atoms with E-state index in [0.29, 0.717) is 6.54 Å². The number of aliphatic hydroxyl groups is 2. The molecule has 2 N–H and O–H groups in total. The first-order chi connectivity index (χ1) is 5.59. The Hall–Kier alpha value is -0.800. The predicted molar refractivity (Wildman–Crippen MR) is 46.7 cm³/mol. The van der Waals surface area contributed by atoms with Gasteiger partial charge >= 0.3 is 0 Å². The zero-order valence-corrected chi connectivity index (χ0v) is 7.44. The minimum Gasteiger partial charge on any atom is -0.392 e. The quantitative estimate of drug-likeness (QED) is 0.706. The van der Waals surface area contributed by atoms with Gasteiger partial charge in [0.05, 0.1) is 12.2 Å². The summed E-state index contributed by atoms with van der Waals surface area (Å²) in [6.07, 6.45) is 2.92. The number of nitrogens with zero attached hydrogens (tertiary/aromatic N) is 1. The van der Waals surface area contributed by atoms with E-state index in [2.05, 4.69) is 0 Å². The van der Waals surface area contributed by atoms with E-state index in [-0.39, 0.29) is 6.10 Å². The average Bonchev–Trinajstić information content (AvgIpc) is 2.34. The van der Waals surface area contributed by atoms with E-state index in [4.69, 9.17) is 5.11 Å². The molecule has 0 saturated carbocycles. The van der Waals surface area contributed by atoms with Crippen LogP contribution in [0.1, 0.15) is 25.5 Å². The first kappa shape index (κ1) is 9.29. The summed E-state index contributed by atoms with van der Waals surface area (Å²) in [4.78, 5) is 0. The molecule has 0 spiro atoms. The summed E-state index contributed by atoms with van der Waals surface area (Å²) in [5, 5.41) is 18.3. The first-order valence-corrected chi connectivity index (χ1v) is 4.11. The van der Waals surface area contributed by atoms with Gasteiger partial charge in [0, 0.05) is 18.9 Å². The standard InChI is InChI=1S/C9H15NO2/c1-7(11)5-10-4-3-9(6-10)8(2)12/h3-4,6-8,11-12H,5H2,1-2H3. The highest BCUT2D eigenvalue weighted by Crippen LogP contribution is 2.11. The molecule has 68 valence electrons. The molecule has 0 radical (unpaired) electrons. The van der Waals surface area contributed by atoms with Gasteiger partial charge in [-0.05, 0) is 25.5 Å². The lowest BCUT2D eigenvalue weighted by atomic mass is 10.2. The van der Waals surface area contributed by atoms with Crippen LogP contribution in [0.5, 0.6) is 0 Å². The van der Waals surface area contributed by atoms with Gasteiger partial charge in [0.1, 0.15) is 0 Å². The van der Waals surface area contributed by atoms with E-state index in [1.165, 1.54) is 0 Å². The molecule has 0 bridgehead atoms. The summed E-state index contributed by atoms with van der Waals surface area (Å²) in [5.41, 5.74) is 0.885. The molecule has 0 aliphatic carbocycles. The Kier molecular flexibility index (Phi) is 2.89. The van der Waals surface area contributed by atoms with E-state index >= 15 is 0 Å². The number of hydrogen-bond donors (Lipinski definition) is 2. The zero-order valence-electron chi connectivity index (χ0n) is 7.44. The highest BCUT2D eigenvalue weighted by atomic mass is 16.3. The lowest BCUT2D eigenvalue weighted by Crippen LogP contribution is -2.09. The second-order valence-corrected chi connectivity index (χ2v) is 3.17. The molecular formula is C9H15NO2. The fourth-order valence-corrected chi connectivity index (χ4v) is 1.13. The molecule has 2 unspecified atom stereocenters. The van der Waals surface area contributed by atoms with Crippen molar-refractivity contribution in [2.75, 3.05) is 0 Å². The Bertz CT molecular complexity index is 240. The molecule has 0 aliphatic heterocycles. The SMILES string of the molecule is CC(O)Cn1ccc(C(C)O)c1. The first-order valence-electron chi connectivity index (χ1n) is 4.11. The van der Waals surface area contributed by atoms with Crippen LogP contribution in [0, 0.1) is 0 Å². The molecule has 3 nitrogen and oxygen atoms in total. The Balaban J connectivity index is 2.64. The van der Waals surface area contributed by atoms with Crippen LogP contribution in [0.4, 0.5) is 0 Å². The normalized spacial score (nSPS) is 16.0. The molecule has 2 atom stereocenters. The van der Waals surface area contributed by atoms with Crippen LogP contribution in [-0.4, -0.2) is 20.9 Å². The van der Waals surface area contributed by atoms with Gasteiger partial charge < -0.3 is 14.8 Å². The van der Waals surface area contributed by atoms with Crippen molar-refractivity contribution in [2.24, 2.45) is 0 Å². The number of rotatable bonds is 3. The maximum atomic E-state index is 9.20. The molecule has 0 aromatic carbocycles. The van der Waals surface area contributed by atoms with Crippen LogP contribution in [-0.2, 0) is 6.54 Å². The van der Waals surface area contributed by atoms with Crippen LogP contribution in [0.25, 0.3) is 0 Å². The summed E-state index contributed by atoms with van der Waals surface area (Å²) in [6, 6.07) is 1.85. The van der Waals surface area contributed by atoms with E-state index in [1.807, 2.05) is 23.0 Å². The van der Waals surface area contributed by atoms with Crippen molar-refractivity contribution in [1.82, 2.24) is 4.57 Å². The fraction of sp³-hybridized carbons (Fsp3) is 0.556. The van der Waals surface area contributed by atoms with E-state index < -0.39 is 6.10 Å². The van der Waals surface area contributed by atoms with E-state index in [0.717, 1.165) is 5.56 Å². The Morgan fingerprint density at radius 2 is 2.08 bits per heavy atom. The van der Waals surface area contributed by atoms with E-state index in [9.17, 15) is 5.11 Å². The number of hydrogen-bond acceptors (Lipinski definition) is 2. The summed E-state index contributed by atoms with van der Waals surface area (Å²) in [6.45, 7) is 4.04. The third-order valence-electron chi connectivity index (χ3n) is 1.73. The number of aliphatic hydroxyl groups excluding tert-OH is 2. The summed E-state index contributed by atoms with van der Waals surface area (Å²) < 4.78 is 1.87. The summed E-state index contributed by atoms with van der Waals surface area (Å²) in [7, 11) is 0. The van der Waals surface area contributed by atoms with Crippen molar-refractivity contribution in [1.29, 1.82) is 0 Å². The van der Waals surface area contributed by atoms with Crippen LogP contribution in [0.2, 0.25) is 0 Å². The van der Waals surface area contributed by atoms with Crippen molar-refractivity contribution in [3.05, 3.63) is 24.0 Å². The lowest BCUT2D eigenvalue weighted by Gasteiger charge is -2.05. The predicted octanol–water partition coefficient (Wildman–Crippen LogP) is 0.922. The summed E-state index contributed by atoms with van der Waals surface area (Å²) >= 11 is 0. The molecule has 1 rings (SSSR count). The lowest BCUT2D eigenvalue weighted by molar-refractivity contribution is 0.172. The van der Waals surface area contributed by atoms with Crippen LogP contribution in [0.3, 0.4) is 0 Å². The largest absolute Gasteiger partial charge is 0.392 e. The molecule has 3 heteroatoms. The molecule has 1 aromatic heterocycles. The second-order valence-electron chi connectivity index (χ2n) is 3.17. The maximum absolute atomic E-state index is 9.20. The molecule has 12 heavy (non-hydrogen) atoms. The van der Waals surface area contributed by atoms with Crippen LogP contribution < -0.4 is 0 Å². The third-order valence-corrected chi connectivity index (χ3v) is 1.73. The summed E-state index contributed by atoms with van der Waals surface area (Å²) in [5.74, 6) is 0. The third kappa shape index (κ3) is 2.36. The van der Waals surface area contributed by atoms with Crippen molar-refractivity contribution in [3.63, 3.8) is 0 Å². The van der Waals surface area contributed by atoms with Gasteiger partial charge in [0.25, 0.3) is 0 Å². The van der Waals surface area contributed by atoms with Crippen molar-refractivity contribution in [2.45, 2.75) is 32.6 Å². The van der Waals surface area contributed by atoms with Gasteiger partial charge in [0.2, 0.25) is 0 Å². The molecule has 0 saturated heterocycles. The van der Waals surface area contributed by atoms with Gasteiger partial charge in [-0.1, -0.05) is 0 Å². The van der Waals surface area contributed by atoms with Gasteiger partial charge in [-0.3, -0.25) is 0 Å². The van der Waals surface area contributed by atoms with Crippen molar-refractivity contribution in [3.8, 4) is 0 Å². The fourth-order valence-electron chi connectivity index (χ4n) is 1.13. The maximum Gasteiger partial charge on any atom is 0.0776 e. The van der Waals surface area contributed by atoms with Gasteiger partial charge in [0.15, 0.2) is 0 Å². The Morgan fingerprint density at radius 3 is 2.50 bits per heavy atom. The molecule has 0 aliphatic rings. The minimum absolute atomic E-state index is 0.348. The molecule has 0 fully saturated rings. The second kappa shape index (κ2) is 3.74. The molecule has 1 heterocycles. The minimum atomic E-state index is -0.430.